The van der Waals surface area contributed by atoms with Crippen LogP contribution in [0, 0.1) is 6.92 Å². The maximum atomic E-state index is 12.6. The average molecular weight is 253 g/mol. The lowest BCUT2D eigenvalue weighted by atomic mass is 9.95. The molecule has 0 aliphatic carbocycles. The molecule has 6 heteroatoms. The first-order chi connectivity index (χ1) is 7.77. The number of halogens is 5. The fourth-order valence-corrected chi connectivity index (χ4v) is 1.56. The van der Waals surface area contributed by atoms with Gasteiger partial charge in [0.15, 0.2) is 0 Å². The van der Waals surface area contributed by atoms with Crippen molar-refractivity contribution in [1.82, 2.24) is 0 Å². The minimum Gasteiger partial charge on any atom is -0.330 e. The van der Waals surface area contributed by atoms with Gasteiger partial charge in [0, 0.05) is 6.54 Å². The Morgan fingerprint density at radius 3 is 2.24 bits per heavy atom. The molecule has 1 aromatic carbocycles. The van der Waals surface area contributed by atoms with Crippen LogP contribution in [0.1, 0.15) is 22.6 Å². The van der Waals surface area contributed by atoms with Gasteiger partial charge < -0.3 is 5.73 Å². The third-order valence-electron chi connectivity index (χ3n) is 2.55. The molecule has 0 heterocycles. The summed E-state index contributed by atoms with van der Waals surface area (Å²) in [6, 6.07) is 3.19. The molecule has 0 saturated carbocycles. The first-order valence-corrected chi connectivity index (χ1v) is 4.93. The van der Waals surface area contributed by atoms with Crippen molar-refractivity contribution in [2.45, 2.75) is 25.4 Å². The van der Waals surface area contributed by atoms with Gasteiger partial charge in [-0.1, -0.05) is 12.1 Å². The molecular formula is C11H12F5N. The van der Waals surface area contributed by atoms with Gasteiger partial charge in [-0.3, -0.25) is 0 Å². The van der Waals surface area contributed by atoms with Crippen molar-refractivity contribution < 1.29 is 22.0 Å². The van der Waals surface area contributed by atoms with Gasteiger partial charge in [0.2, 0.25) is 6.43 Å². The third-order valence-corrected chi connectivity index (χ3v) is 2.55. The van der Waals surface area contributed by atoms with E-state index in [4.69, 9.17) is 5.73 Å². The molecular weight excluding hydrogens is 241 g/mol. The summed E-state index contributed by atoms with van der Waals surface area (Å²) in [4.78, 5) is 0. The molecule has 1 aromatic rings. The summed E-state index contributed by atoms with van der Waals surface area (Å²) < 4.78 is 62.8. The Morgan fingerprint density at radius 1 is 1.24 bits per heavy atom. The predicted octanol–water partition coefficient (Wildman–Crippen LogP) is 3.32. The number of aryl methyl sites for hydroxylation is 1. The van der Waals surface area contributed by atoms with Gasteiger partial charge in [0.25, 0.3) is 0 Å². The number of rotatable bonds is 3. The second-order valence-corrected chi connectivity index (χ2v) is 3.75. The van der Waals surface area contributed by atoms with E-state index in [0.29, 0.717) is 0 Å². The maximum absolute atomic E-state index is 12.6. The lowest BCUT2D eigenvalue weighted by Gasteiger charge is -2.17. The van der Waals surface area contributed by atoms with Gasteiger partial charge in [0.1, 0.15) is 0 Å². The van der Waals surface area contributed by atoms with Gasteiger partial charge in [-0.05, 0) is 24.1 Å². The van der Waals surface area contributed by atoms with Crippen LogP contribution in [0.25, 0.3) is 0 Å². The zero-order chi connectivity index (χ0) is 13.2. The van der Waals surface area contributed by atoms with Crippen LogP contribution < -0.4 is 5.73 Å². The minimum absolute atomic E-state index is 0.00582. The Labute approximate surface area is 95.4 Å². The van der Waals surface area contributed by atoms with Crippen molar-refractivity contribution in [3.63, 3.8) is 0 Å². The molecule has 0 amide bonds. The van der Waals surface area contributed by atoms with E-state index in [1.807, 2.05) is 0 Å². The van der Waals surface area contributed by atoms with E-state index >= 15 is 0 Å². The van der Waals surface area contributed by atoms with E-state index in [1.165, 1.54) is 19.1 Å². The Balaban J connectivity index is 3.21. The second-order valence-electron chi connectivity index (χ2n) is 3.75. The summed E-state index contributed by atoms with van der Waals surface area (Å²) in [5.41, 5.74) is 4.17. The highest BCUT2D eigenvalue weighted by Gasteiger charge is 2.33. The van der Waals surface area contributed by atoms with Crippen LogP contribution in [0.3, 0.4) is 0 Å². The van der Waals surface area contributed by atoms with Crippen LogP contribution in [0.5, 0.6) is 0 Å². The van der Waals surface area contributed by atoms with Crippen molar-refractivity contribution in [2.75, 3.05) is 6.54 Å². The molecule has 1 atom stereocenters. The van der Waals surface area contributed by atoms with Crippen LogP contribution in [0.4, 0.5) is 22.0 Å². The molecule has 17 heavy (non-hydrogen) atoms. The zero-order valence-electron chi connectivity index (χ0n) is 9.06. The molecule has 0 aromatic heterocycles. The number of nitrogens with two attached hydrogens (primary N) is 1. The van der Waals surface area contributed by atoms with E-state index in [-0.39, 0.29) is 11.1 Å². The Bertz CT molecular complexity index is 386. The molecule has 0 saturated heterocycles. The summed E-state index contributed by atoms with van der Waals surface area (Å²) in [6.45, 7) is 0.893. The fourth-order valence-electron chi connectivity index (χ4n) is 1.56. The molecule has 0 spiro atoms. The van der Waals surface area contributed by atoms with E-state index < -0.39 is 30.6 Å². The minimum atomic E-state index is -4.54. The number of hydrogen-bond acceptors (Lipinski definition) is 1. The molecule has 0 bridgehead atoms. The lowest BCUT2D eigenvalue weighted by Crippen LogP contribution is -2.20. The van der Waals surface area contributed by atoms with Crippen molar-refractivity contribution in [1.29, 1.82) is 0 Å². The number of benzene rings is 1. The molecule has 1 rings (SSSR count). The van der Waals surface area contributed by atoms with E-state index in [0.717, 1.165) is 6.07 Å². The zero-order valence-corrected chi connectivity index (χ0v) is 9.06. The van der Waals surface area contributed by atoms with Crippen LogP contribution in [0.2, 0.25) is 0 Å². The topological polar surface area (TPSA) is 26.0 Å². The van der Waals surface area contributed by atoms with Gasteiger partial charge in [-0.2, -0.15) is 13.2 Å². The van der Waals surface area contributed by atoms with Gasteiger partial charge in [-0.15, -0.1) is 0 Å². The van der Waals surface area contributed by atoms with Crippen LogP contribution in [0.15, 0.2) is 18.2 Å². The lowest BCUT2D eigenvalue weighted by molar-refractivity contribution is -0.138. The monoisotopic (exact) mass is 253 g/mol. The van der Waals surface area contributed by atoms with Crippen molar-refractivity contribution in [3.8, 4) is 0 Å². The molecule has 0 aliphatic rings. The molecule has 96 valence electrons. The Hall–Kier alpha value is -1.17. The molecule has 0 fully saturated rings. The average Bonchev–Trinajstić information content (AvgIpc) is 2.19. The van der Waals surface area contributed by atoms with Crippen LogP contribution >= 0.6 is 0 Å². The SMILES string of the molecule is Cc1ccc(C(CN)C(F)F)cc1C(F)(F)F. The maximum Gasteiger partial charge on any atom is 0.416 e. The van der Waals surface area contributed by atoms with Crippen molar-refractivity contribution in [2.24, 2.45) is 5.73 Å². The summed E-state index contributed by atoms with van der Waals surface area (Å²) in [5.74, 6) is -1.36. The fraction of sp³-hybridized carbons (Fsp3) is 0.455. The van der Waals surface area contributed by atoms with Gasteiger partial charge in [0.05, 0.1) is 11.5 Å². The first kappa shape index (κ1) is 13.9. The molecule has 1 nitrogen and oxygen atoms in total. The van der Waals surface area contributed by atoms with Crippen LogP contribution in [-0.2, 0) is 6.18 Å². The van der Waals surface area contributed by atoms with Crippen LogP contribution in [-0.4, -0.2) is 13.0 Å². The highest BCUT2D eigenvalue weighted by Crippen LogP contribution is 2.34. The van der Waals surface area contributed by atoms with Gasteiger partial charge >= 0.3 is 6.18 Å². The largest absolute Gasteiger partial charge is 0.416 e. The standard InChI is InChI=1S/C11H12F5N/c1-6-2-3-7(8(5-17)10(12)13)4-9(6)11(14,15)16/h2-4,8,10H,5,17H2,1H3. The first-order valence-electron chi connectivity index (χ1n) is 4.93. The van der Waals surface area contributed by atoms with Crippen molar-refractivity contribution in [3.05, 3.63) is 34.9 Å². The predicted molar refractivity (Wildman–Crippen MR) is 54.0 cm³/mol. The molecule has 2 N–H and O–H groups in total. The summed E-state index contributed by atoms with van der Waals surface area (Å²) in [5, 5.41) is 0. The summed E-state index contributed by atoms with van der Waals surface area (Å²) in [6.07, 6.45) is -7.31. The molecule has 0 aliphatic heterocycles. The van der Waals surface area contributed by atoms with Gasteiger partial charge in [-0.25, -0.2) is 8.78 Å². The normalized spacial score (nSPS) is 14.1. The number of alkyl halides is 5. The highest BCUT2D eigenvalue weighted by molar-refractivity contribution is 5.35. The van der Waals surface area contributed by atoms with E-state index in [1.54, 1.807) is 0 Å². The van der Waals surface area contributed by atoms with E-state index in [2.05, 4.69) is 0 Å². The summed E-state index contributed by atoms with van der Waals surface area (Å²) in [7, 11) is 0. The molecule has 0 radical (unpaired) electrons. The quantitative estimate of drug-likeness (QED) is 0.821. The number of hydrogen-bond donors (Lipinski definition) is 1. The second kappa shape index (κ2) is 5.00. The third kappa shape index (κ3) is 3.15. The van der Waals surface area contributed by atoms with Crippen molar-refractivity contribution >= 4 is 0 Å². The Kier molecular flexibility index (Phi) is 4.08. The highest BCUT2D eigenvalue weighted by atomic mass is 19.4. The summed E-state index contributed by atoms with van der Waals surface area (Å²) >= 11 is 0. The van der Waals surface area contributed by atoms with E-state index in [9.17, 15) is 22.0 Å². The Morgan fingerprint density at radius 2 is 1.82 bits per heavy atom. The smallest absolute Gasteiger partial charge is 0.330 e. The molecule has 1 unspecified atom stereocenters.